The second kappa shape index (κ2) is 4.62. The number of aromatic nitrogens is 2. The van der Waals surface area contributed by atoms with Crippen LogP contribution in [0, 0.1) is 6.92 Å². The van der Waals surface area contributed by atoms with Crippen LogP contribution in [-0.4, -0.2) is 9.78 Å². The molecule has 0 aliphatic heterocycles. The molecule has 0 saturated carbocycles. The molecule has 1 aromatic carbocycles. The summed E-state index contributed by atoms with van der Waals surface area (Å²) < 4.78 is 1.87. The predicted octanol–water partition coefficient (Wildman–Crippen LogP) is 2.95. The second-order valence-corrected chi connectivity index (χ2v) is 4.43. The standard InChI is InChI=1S/C14H19N3/c1-4-12-5-7-13(8-6-12)11(3)17-14(15)10(2)9-16-17/h5-9,11H,4,15H2,1-3H3. The number of nitrogen functional groups attached to an aromatic ring is 1. The van der Waals surface area contributed by atoms with Crippen LogP contribution in [0.1, 0.15) is 36.6 Å². The van der Waals surface area contributed by atoms with E-state index >= 15 is 0 Å². The Hall–Kier alpha value is -1.77. The maximum absolute atomic E-state index is 6.00. The second-order valence-electron chi connectivity index (χ2n) is 4.43. The van der Waals surface area contributed by atoms with Crippen molar-refractivity contribution in [3.05, 3.63) is 47.2 Å². The van der Waals surface area contributed by atoms with Crippen LogP contribution in [0.3, 0.4) is 0 Å². The monoisotopic (exact) mass is 229 g/mol. The van der Waals surface area contributed by atoms with E-state index in [9.17, 15) is 0 Å². The van der Waals surface area contributed by atoms with Crippen molar-refractivity contribution in [1.29, 1.82) is 0 Å². The van der Waals surface area contributed by atoms with Gasteiger partial charge in [-0.15, -0.1) is 0 Å². The third-order valence-corrected chi connectivity index (χ3v) is 3.26. The first-order valence-corrected chi connectivity index (χ1v) is 6.02. The van der Waals surface area contributed by atoms with Gasteiger partial charge in [-0.1, -0.05) is 31.2 Å². The molecular weight excluding hydrogens is 210 g/mol. The quantitative estimate of drug-likeness (QED) is 0.879. The number of rotatable bonds is 3. The molecule has 2 rings (SSSR count). The number of hydrogen-bond donors (Lipinski definition) is 1. The lowest BCUT2D eigenvalue weighted by atomic mass is 10.1. The fraction of sp³-hybridized carbons (Fsp3) is 0.357. The molecule has 0 fully saturated rings. The molecule has 3 heteroatoms. The van der Waals surface area contributed by atoms with Gasteiger partial charge < -0.3 is 5.73 Å². The molecule has 2 N–H and O–H groups in total. The van der Waals surface area contributed by atoms with Gasteiger partial charge in [0, 0.05) is 5.56 Å². The molecule has 3 nitrogen and oxygen atoms in total. The van der Waals surface area contributed by atoms with E-state index in [1.54, 1.807) is 0 Å². The summed E-state index contributed by atoms with van der Waals surface area (Å²) in [4.78, 5) is 0. The van der Waals surface area contributed by atoms with Gasteiger partial charge in [0.1, 0.15) is 5.82 Å². The molecule has 0 radical (unpaired) electrons. The Morgan fingerprint density at radius 1 is 1.29 bits per heavy atom. The first-order valence-electron chi connectivity index (χ1n) is 6.02. The lowest BCUT2D eigenvalue weighted by molar-refractivity contribution is 0.573. The summed E-state index contributed by atoms with van der Waals surface area (Å²) in [5, 5.41) is 4.33. The maximum atomic E-state index is 6.00. The van der Waals surface area contributed by atoms with Crippen molar-refractivity contribution in [2.45, 2.75) is 33.2 Å². The lowest BCUT2D eigenvalue weighted by Gasteiger charge is -2.15. The van der Waals surface area contributed by atoms with E-state index in [1.165, 1.54) is 11.1 Å². The van der Waals surface area contributed by atoms with E-state index in [1.807, 2.05) is 17.8 Å². The highest BCUT2D eigenvalue weighted by Gasteiger charge is 2.12. The average Bonchev–Trinajstić information content (AvgIpc) is 2.69. The highest BCUT2D eigenvalue weighted by molar-refractivity contribution is 5.39. The van der Waals surface area contributed by atoms with E-state index in [0.29, 0.717) is 0 Å². The zero-order valence-electron chi connectivity index (χ0n) is 10.6. The van der Waals surface area contributed by atoms with Crippen LogP contribution in [0.25, 0.3) is 0 Å². The fourth-order valence-corrected chi connectivity index (χ4v) is 1.94. The van der Waals surface area contributed by atoms with Crippen molar-refractivity contribution < 1.29 is 0 Å². The zero-order chi connectivity index (χ0) is 12.4. The van der Waals surface area contributed by atoms with E-state index in [4.69, 9.17) is 5.73 Å². The molecule has 2 aromatic rings. The molecular formula is C14H19N3. The van der Waals surface area contributed by atoms with Crippen molar-refractivity contribution in [3.8, 4) is 0 Å². The third kappa shape index (κ3) is 2.18. The molecule has 1 heterocycles. The minimum absolute atomic E-state index is 0.176. The van der Waals surface area contributed by atoms with Crippen molar-refractivity contribution >= 4 is 5.82 Å². The number of benzene rings is 1. The van der Waals surface area contributed by atoms with Crippen molar-refractivity contribution in [2.75, 3.05) is 5.73 Å². The molecule has 17 heavy (non-hydrogen) atoms. The van der Waals surface area contributed by atoms with Crippen LogP contribution in [0.5, 0.6) is 0 Å². The molecule has 0 amide bonds. The number of nitrogens with two attached hydrogens (primary N) is 1. The molecule has 1 aromatic heterocycles. The maximum Gasteiger partial charge on any atom is 0.125 e. The summed E-state index contributed by atoms with van der Waals surface area (Å²) in [6.45, 7) is 6.25. The highest BCUT2D eigenvalue weighted by atomic mass is 15.3. The number of hydrogen-bond acceptors (Lipinski definition) is 2. The van der Waals surface area contributed by atoms with Gasteiger partial charge in [0.05, 0.1) is 12.2 Å². The topological polar surface area (TPSA) is 43.8 Å². The number of anilines is 1. The number of nitrogens with zero attached hydrogens (tertiary/aromatic N) is 2. The minimum Gasteiger partial charge on any atom is -0.384 e. The van der Waals surface area contributed by atoms with Gasteiger partial charge in [0.2, 0.25) is 0 Å². The Morgan fingerprint density at radius 3 is 2.41 bits per heavy atom. The summed E-state index contributed by atoms with van der Waals surface area (Å²) in [5.41, 5.74) is 9.61. The van der Waals surface area contributed by atoms with Crippen LogP contribution < -0.4 is 5.73 Å². The van der Waals surface area contributed by atoms with Gasteiger partial charge in [-0.3, -0.25) is 0 Å². The van der Waals surface area contributed by atoms with Crippen LogP contribution in [0.15, 0.2) is 30.5 Å². The minimum atomic E-state index is 0.176. The van der Waals surface area contributed by atoms with Crippen LogP contribution in [0.2, 0.25) is 0 Å². The smallest absolute Gasteiger partial charge is 0.125 e. The third-order valence-electron chi connectivity index (χ3n) is 3.26. The Balaban J connectivity index is 2.30. The van der Waals surface area contributed by atoms with Gasteiger partial charge in [0.15, 0.2) is 0 Å². The van der Waals surface area contributed by atoms with Gasteiger partial charge in [-0.05, 0) is 31.4 Å². The summed E-state index contributed by atoms with van der Waals surface area (Å²) in [6.07, 6.45) is 2.88. The summed E-state index contributed by atoms with van der Waals surface area (Å²) in [7, 11) is 0. The van der Waals surface area contributed by atoms with Gasteiger partial charge in [-0.2, -0.15) is 5.10 Å². The zero-order valence-corrected chi connectivity index (χ0v) is 10.6. The molecule has 0 bridgehead atoms. The molecule has 0 saturated heterocycles. The van der Waals surface area contributed by atoms with E-state index in [2.05, 4.69) is 43.2 Å². The number of aryl methyl sites for hydroxylation is 2. The Kier molecular flexibility index (Phi) is 3.18. The van der Waals surface area contributed by atoms with Gasteiger partial charge >= 0.3 is 0 Å². The highest BCUT2D eigenvalue weighted by Crippen LogP contribution is 2.22. The molecule has 0 aliphatic carbocycles. The molecule has 0 aliphatic rings. The van der Waals surface area contributed by atoms with E-state index in [-0.39, 0.29) is 6.04 Å². The Labute approximate surface area is 102 Å². The fourth-order valence-electron chi connectivity index (χ4n) is 1.94. The van der Waals surface area contributed by atoms with Crippen LogP contribution in [-0.2, 0) is 6.42 Å². The molecule has 90 valence electrons. The van der Waals surface area contributed by atoms with E-state index in [0.717, 1.165) is 17.8 Å². The molecule has 0 spiro atoms. The average molecular weight is 229 g/mol. The first kappa shape index (κ1) is 11.7. The van der Waals surface area contributed by atoms with Gasteiger partial charge in [-0.25, -0.2) is 4.68 Å². The summed E-state index contributed by atoms with van der Waals surface area (Å²) >= 11 is 0. The van der Waals surface area contributed by atoms with E-state index < -0.39 is 0 Å². The van der Waals surface area contributed by atoms with Crippen molar-refractivity contribution in [2.24, 2.45) is 0 Å². The SMILES string of the molecule is CCc1ccc(C(C)n2ncc(C)c2N)cc1. The predicted molar refractivity (Wildman–Crippen MR) is 71.0 cm³/mol. The summed E-state index contributed by atoms with van der Waals surface area (Å²) in [5.74, 6) is 0.747. The van der Waals surface area contributed by atoms with Crippen LogP contribution >= 0.6 is 0 Å². The van der Waals surface area contributed by atoms with Gasteiger partial charge in [0.25, 0.3) is 0 Å². The molecule has 1 unspecified atom stereocenters. The first-order chi connectivity index (χ1) is 8.13. The van der Waals surface area contributed by atoms with Crippen molar-refractivity contribution in [1.82, 2.24) is 9.78 Å². The summed E-state index contributed by atoms with van der Waals surface area (Å²) in [6, 6.07) is 8.81. The lowest BCUT2D eigenvalue weighted by Crippen LogP contribution is -2.11. The van der Waals surface area contributed by atoms with Crippen LogP contribution in [0.4, 0.5) is 5.82 Å². The Morgan fingerprint density at radius 2 is 1.94 bits per heavy atom. The largest absolute Gasteiger partial charge is 0.384 e. The van der Waals surface area contributed by atoms with Crippen molar-refractivity contribution in [3.63, 3.8) is 0 Å². The molecule has 1 atom stereocenters. The Bertz CT molecular complexity index is 497. The normalized spacial score (nSPS) is 12.6.